The van der Waals surface area contributed by atoms with Crippen molar-refractivity contribution in [3.05, 3.63) is 47.8 Å². The van der Waals surface area contributed by atoms with Crippen molar-refractivity contribution >= 4 is 5.97 Å². The minimum atomic E-state index is -0.978. The van der Waals surface area contributed by atoms with Gasteiger partial charge in [-0.3, -0.25) is 4.90 Å². The van der Waals surface area contributed by atoms with Gasteiger partial charge in [0.05, 0.1) is 6.54 Å². The van der Waals surface area contributed by atoms with Crippen molar-refractivity contribution < 1.29 is 9.90 Å². The van der Waals surface area contributed by atoms with E-state index in [1.54, 1.807) is 12.3 Å². The predicted molar refractivity (Wildman–Crippen MR) is 67.5 cm³/mol. The van der Waals surface area contributed by atoms with Crippen LogP contribution in [0.1, 0.15) is 21.9 Å². The summed E-state index contributed by atoms with van der Waals surface area (Å²) in [6.45, 7) is 3.10. The molecule has 6 heteroatoms. The lowest BCUT2D eigenvalue weighted by Crippen LogP contribution is -2.33. The van der Waals surface area contributed by atoms with Gasteiger partial charge in [-0.25, -0.2) is 14.8 Å². The van der Waals surface area contributed by atoms with Gasteiger partial charge in [-0.15, -0.1) is 0 Å². The fraction of sp³-hybridized carbons (Fsp3) is 0.308. The molecule has 98 valence electrons. The van der Waals surface area contributed by atoms with Gasteiger partial charge in [-0.1, -0.05) is 6.07 Å². The summed E-state index contributed by atoms with van der Waals surface area (Å²) < 4.78 is 2.12. The second kappa shape index (κ2) is 4.81. The Morgan fingerprint density at radius 3 is 3.05 bits per heavy atom. The van der Waals surface area contributed by atoms with Gasteiger partial charge in [0.2, 0.25) is 0 Å². The first-order valence-corrected chi connectivity index (χ1v) is 6.13. The molecule has 0 radical (unpaired) electrons. The molecule has 1 N–H and O–H groups in total. The van der Waals surface area contributed by atoms with Gasteiger partial charge in [0.15, 0.2) is 5.69 Å². The molecule has 0 saturated carbocycles. The van der Waals surface area contributed by atoms with Crippen LogP contribution in [-0.4, -0.2) is 37.1 Å². The summed E-state index contributed by atoms with van der Waals surface area (Å²) in [5, 5.41) is 9.12. The summed E-state index contributed by atoms with van der Waals surface area (Å²) in [6, 6.07) is 3.59. The molecule has 3 heterocycles. The molecule has 0 amide bonds. The summed E-state index contributed by atoms with van der Waals surface area (Å²) in [5.74, 6) is 0.0427. The Bertz CT molecular complexity index is 608. The average Bonchev–Trinajstić information content (AvgIpc) is 2.86. The van der Waals surface area contributed by atoms with Crippen molar-refractivity contribution in [2.24, 2.45) is 0 Å². The fourth-order valence-corrected chi connectivity index (χ4v) is 2.36. The largest absolute Gasteiger partial charge is 0.477 e. The van der Waals surface area contributed by atoms with Gasteiger partial charge in [0, 0.05) is 38.2 Å². The van der Waals surface area contributed by atoms with Gasteiger partial charge in [-0.2, -0.15) is 0 Å². The van der Waals surface area contributed by atoms with E-state index in [-0.39, 0.29) is 5.69 Å². The number of carbonyl (C=O) groups is 1. The lowest BCUT2D eigenvalue weighted by atomic mass is 10.1. The Hall–Kier alpha value is -2.21. The molecular formula is C13H14N4O2. The third-order valence-corrected chi connectivity index (χ3v) is 3.31. The van der Waals surface area contributed by atoms with E-state index < -0.39 is 5.97 Å². The van der Waals surface area contributed by atoms with Crippen LogP contribution in [-0.2, 0) is 19.6 Å². The van der Waals surface area contributed by atoms with Crippen LogP contribution in [0.25, 0.3) is 0 Å². The molecule has 19 heavy (non-hydrogen) atoms. The number of imidazole rings is 1. The third-order valence-electron chi connectivity index (χ3n) is 3.31. The molecule has 0 aliphatic carbocycles. The maximum absolute atomic E-state index is 11.1. The molecule has 0 atom stereocenters. The van der Waals surface area contributed by atoms with E-state index in [4.69, 9.17) is 5.11 Å². The monoisotopic (exact) mass is 258 g/mol. The van der Waals surface area contributed by atoms with Crippen molar-refractivity contribution in [1.29, 1.82) is 0 Å². The van der Waals surface area contributed by atoms with Crippen LogP contribution in [0.5, 0.6) is 0 Å². The molecule has 0 aromatic carbocycles. The van der Waals surface area contributed by atoms with Crippen molar-refractivity contribution in [3.63, 3.8) is 0 Å². The maximum atomic E-state index is 11.1. The van der Waals surface area contributed by atoms with E-state index in [0.717, 1.165) is 31.0 Å². The first kappa shape index (κ1) is 11.9. The van der Waals surface area contributed by atoms with E-state index in [1.165, 1.54) is 6.20 Å². The number of aromatic nitrogens is 3. The van der Waals surface area contributed by atoms with E-state index in [1.807, 2.05) is 12.3 Å². The summed E-state index contributed by atoms with van der Waals surface area (Å²) in [6.07, 6.45) is 5.28. The molecule has 0 spiro atoms. The highest BCUT2D eigenvalue weighted by molar-refractivity contribution is 5.86. The van der Waals surface area contributed by atoms with Crippen LogP contribution in [0.3, 0.4) is 0 Å². The first-order chi connectivity index (χ1) is 9.24. The number of aromatic carboxylic acids is 1. The van der Waals surface area contributed by atoms with Gasteiger partial charge >= 0.3 is 5.97 Å². The standard InChI is InChI=1S/C13H14N4O2/c18-13(19)12-10(2-1-3-15-12)8-16-6-7-17-5-4-14-11(17)9-16/h1-5H,6-9H2,(H,18,19). The maximum Gasteiger partial charge on any atom is 0.354 e. The first-order valence-electron chi connectivity index (χ1n) is 6.13. The fourth-order valence-electron chi connectivity index (χ4n) is 2.36. The molecule has 0 fully saturated rings. The van der Waals surface area contributed by atoms with Gasteiger partial charge in [-0.05, 0) is 11.6 Å². The topological polar surface area (TPSA) is 71.2 Å². The molecule has 0 bridgehead atoms. The Morgan fingerprint density at radius 2 is 2.21 bits per heavy atom. The normalized spacial score (nSPS) is 15.2. The summed E-state index contributed by atoms with van der Waals surface area (Å²) in [5.41, 5.74) is 0.881. The van der Waals surface area contributed by atoms with Gasteiger partial charge in [0.25, 0.3) is 0 Å². The number of fused-ring (bicyclic) bond motifs is 1. The van der Waals surface area contributed by atoms with Crippen molar-refractivity contribution in [2.75, 3.05) is 6.54 Å². The Labute approximate surface area is 110 Å². The number of hydrogen-bond acceptors (Lipinski definition) is 4. The van der Waals surface area contributed by atoms with Crippen LogP contribution in [0.15, 0.2) is 30.7 Å². The molecule has 1 aliphatic rings. The molecule has 0 unspecified atom stereocenters. The zero-order valence-electron chi connectivity index (χ0n) is 10.4. The highest BCUT2D eigenvalue weighted by Crippen LogP contribution is 2.15. The van der Waals surface area contributed by atoms with Crippen molar-refractivity contribution in [3.8, 4) is 0 Å². The summed E-state index contributed by atoms with van der Waals surface area (Å²) in [7, 11) is 0. The van der Waals surface area contributed by atoms with Crippen molar-refractivity contribution in [1.82, 2.24) is 19.4 Å². The number of hydrogen-bond donors (Lipinski definition) is 1. The average molecular weight is 258 g/mol. The summed E-state index contributed by atoms with van der Waals surface area (Å²) >= 11 is 0. The number of nitrogens with zero attached hydrogens (tertiary/aromatic N) is 4. The number of pyridine rings is 1. The Kier molecular flexibility index (Phi) is 3.00. The Morgan fingerprint density at radius 1 is 1.32 bits per heavy atom. The minimum Gasteiger partial charge on any atom is -0.477 e. The predicted octanol–water partition coefficient (Wildman–Crippen LogP) is 0.992. The molecule has 2 aromatic heterocycles. The minimum absolute atomic E-state index is 0.136. The second-order valence-corrected chi connectivity index (χ2v) is 4.56. The van der Waals surface area contributed by atoms with E-state index in [2.05, 4.69) is 19.4 Å². The van der Waals surface area contributed by atoms with Crippen LogP contribution >= 0.6 is 0 Å². The molecule has 0 saturated heterocycles. The zero-order valence-corrected chi connectivity index (χ0v) is 10.4. The highest BCUT2D eigenvalue weighted by Gasteiger charge is 2.19. The number of carboxylic acid groups (broad SMARTS) is 1. The van der Waals surface area contributed by atoms with Crippen LogP contribution in [0, 0.1) is 0 Å². The van der Waals surface area contributed by atoms with E-state index in [9.17, 15) is 4.79 Å². The summed E-state index contributed by atoms with van der Waals surface area (Å²) in [4.78, 5) is 21.5. The lowest BCUT2D eigenvalue weighted by molar-refractivity contribution is 0.0687. The van der Waals surface area contributed by atoms with Crippen LogP contribution < -0.4 is 0 Å². The van der Waals surface area contributed by atoms with Crippen molar-refractivity contribution in [2.45, 2.75) is 19.6 Å². The molecular weight excluding hydrogens is 244 g/mol. The smallest absolute Gasteiger partial charge is 0.354 e. The Balaban J connectivity index is 1.78. The van der Waals surface area contributed by atoms with Gasteiger partial charge < -0.3 is 9.67 Å². The van der Waals surface area contributed by atoms with Crippen LogP contribution in [0.4, 0.5) is 0 Å². The molecule has 3 rings (SSSR count). The van der Waals surface area contributed by atoms with E-state index >= 15 is 0 Å². The van der Waals surface area contributed by atoms with E-state index in [0.29, 0.717) is 6.54 Å². The highest BCUT2D eigenvalue weighted by atomic mass is 16.4. The number of rotatable bonds is 3. The number of carboxylic acids is 1. The van der Waals surface area contributed by atoms with Gasteiger partial charge in [0.1, 0.15) is 5.82 Å². The SMILES string of the molecule is O=C(O)c1ncccc1CN1CCn2ccnc2C1. The third kappa shape index (κ3) is 2.34. The quantitative estimate of drug-likeness (QED) is 0.889. The zero-order chi connectivity index (χ0) is 13.2. The second-order valence-electron chi connectivity index (χ2n) is 4.56. The molecule has 1 aliphatic heterocycles. The lowest BCUT2D eigenvalue weighted by Gasteiger charge is -2.27. The molecule has 2 aromatic rings. The molecule has 6 nitrogen and oxygen atoms in total. The van der Waals surface area contributed by atoms with Crippen LogP contribution in [0.2, 0.25) is 0 Å².